The maximum absolute atomic E-state index is 12.4. The van der Waals surface area contributed by atoms with E-state index in [0.717, 1.165) is 5.56 Å². The van der Waals surface area contributed by atoms with Crippen molar-refractivity contribution in [3.63, 3.8) is 0 Å². The molecule has 0 aliphatic carbocycles. The van der Waals surface area contributed by atoms with E-state index < -0.39 is 5.97 Å². The summed E-state index contributed by atoms with van der Waals surface area (Å²) in [6.45, 7) is 0.352. The van der Waals surface area contributed by atoms with Crippen LogP contribution in [-0.4, -0.2) is 17.0 Å². The smallest absolute Gasteiger partial charge is 0.303 e. The Bertz CT molecular complexity index is 718. The number of carboxylic acid groups (broad SMARTS) is 1. The van der Waals surface area contributed by atoms with E-state index in [4.69, 9.17) is 10.4 Å². The summed E-state index contributed by atoms with van der Waals surface area (Å²) in [7, 11) is 0. The number of hydrogen-bond donors (Lipinski definition) is 1. The van der Waals surface area contributed by atoms with Gasteiger partial charge in [0.25, 0.3) is 0 Å². The lowest BCUT2D eigenvalue weighted by Crippen LogP contribution is -2.30. The highest BCUT2D eigenvalue weighted by atomic mass is 16.4. The number of benzene rings is 2. The lowest BCUT2D eigenvalue weighted by Gasteiger charge is -2.23. The van der Waals surface area contributed by atoms with Gasteiger partial charge >= 0.3 is 5.97 Å². The Morgan fingerprint density at radius 3 is 2.22 bits per heavy atom. The Kier molecular flexibility index (Phi) is 5.48. The molecule has 1 N–H and O–H groups in total. The van der Waals surface area contributed by atoms with Crippen molar-refractivity contribution >= 4 is 17.6 Å². The minimum absolute atomic E-state index is 0.0673. The van der Waals surface area contributed by atoms with Crippen LogP contribution in [0.1, 0.15) is 24.0 Å². The van der Waals surface area contributed by atoms with Crippen LogP contribution in [0.4, 0.5) is 5.69 Å². The normalized spacial score (nSPS) is 9.87. The molecule has 0 spiro atoms. The number of aliphatic carboxylic acids is 1. The third-order valence-corrected chi connectivity index (χ3v) is 3.35. The summed E-state index contributed by atoms with van der Waals surface area (Å²) in [5.74, 6) is -1.26. The zero-order valence-electron chi connectivity index (χ0n) is 12.5. The summed E-state index contributed by atoms with van der Waals surface area (Å²) in [6.07, 6.45) is -0.275. The van der Waals surface area contributed by atoms with Gasteiger partial charge in [0.2, 0.25) is 5.91 Å². The van der Waals surface area contributed by atoms with Crippen molar-refractivity contribution in [1.29, 1.82) is 5.26 Å². The highest BCUT2D eigenvalue weighted by molar-refractivity contribution is 5.94. The molecule has 1 amide bonds. The van der Waals surface area contributed by atoms with E-state index in [0.29, 0.717) is 17.8 Å². The molecule has 116 valence electrons. The van der Waals surface area contributed by atoms with Gasteiger partial charge in [-0.25, -0.2) is 0 Å². The average molecular weight is 308 g/mol. The molecular formula is C18H16N2O3. The number of rotatable bonds is 6. The van der Waals surface area contributed by atoms with Gasteiger partial charge < -0.3 is 10.0 Å². The maximum atomic E-state index is 12.4. The van der Waals surface area contributed by atoms with Crippen molar-refractivity contribution in [1.82, 2.24) is 0 Å². The van der Waals surface area contributed by atoms with E-state index in [1.165, 1.54) is 0 Å². The Morgan fingerprint density at radius 1 is 1.00 bits per heavy atom. The first kappa shape index (κ1) is 16.2. The molecule has 0 fully saturated rings. The number of carbonyl (C=O) groups excluding carboxylic acids is 1. The highest BCUT2D eigenvalue weighted by Crippen LogP contribution is 2.19. The molecule has 5 heteroatoms. The predicted octanol–water partition coefficient (Wildman–Crippen LogP) is 2.96. The zero-order valence-corrected chi connectivity index (χ0v) is 12.5. The SMILES string of the molecule is N#Cc1ccc(N(Cc2ccccc2)C(=O)CCC(=O)O)cc1. The van der Waals surface area contributed by atoms with Crippen LogP contribution < -0.4 is 4.90 Å². The summed E-state index contributed by atoms with van der Waals surface area (Å²) in [6, 6.07) is 18.2. The molecule has 0 aliphatic rings. The topological polar surface area (TPSA) is 81.4 Å². The van der Waals surface area contributed by atoms with Crippen LogP contribution in [0, 0.1) is 11.3 Å². The molecule has 5 nitrogen and oxygen atoms in total. The van der Waals surface area contributed by atoms with Crippen molar-refractivity contribution in [2.75, 3.05) is 4.90 Å². The lowest BCUT2D eigenvalue weighted by molar-refractivity contribution is -0.138. The molecule has 0 bridgehead atoms. The number of amides is 1. The van der Waals surface area contributed by atoms with Crippen molar-refractivity contribution in [2.24, 2.45) is 0 Å². The number of nitrogens with zero attached hydrogens (tertiary/aromatic N) is 2. The molecule has 0 unspecified atom stereocenters. The van der Waals surface area contributed by atoms with Gasteiger partial charge in [0, 0.05) is 12.1 Å². The first-order chi connectivity index (χ1) is 11.1. The van der Waals surface area contributed by atoms with Crippen LogP contribution in [0.5, 0.6) is 0 Å². The summed E-state index contributed by atoms with van der Waals surface area (Å²) >= 11 is 0. The monoisotopic (exact) mass is 308 g/mol. The molecule has 0 atom stereocenters. The van der Waals surface area contributed by atoms with Gasteiger partial charge in [-0.2, -0.15) is 5.26 Å². The Balaban J connectivity index is 2.24. The minimum atomic E-state index is -1.00. The number of carbonyl (C=O) groups is 2. The maximum Gasteiger partial charge on any atom is 0.303 e. The molecule has 0 radical (unpaired) electrons. The second-order valence-corrected chi connectivity index (χ2v) is 5.02. The molecule has 0 saturated carbocycles. The summed E-state index contributed by atoms with van der Waals surface area (Å²) in [5.41, 5.74) is 2.09. The van der Waals surface area contributed by atoms with Crippen LogP contribution >= 0.6 is 0 Å². The summed E-state index contributed by atoms with van der Waals surface area (Å²) < 4.78 is 0. The molecule has 2 rings (SSSR count). The van der Waals surface area contributed by atoms with E-state index in [-0.39, 0.29) is 18.7 Å². The molecular weight excluding hydrogens is 292 g/mol. The van der Waals surface area contributed by atoms with E-state index >= 15 is 0 Å². The largest absolute Gasteiger partial charge is 0.481 e. The number of anilines is 1. The predicted molar refractivity (Wildman–Crippen MR) is 85.7 cm³/mol. The van der Waals surface area contributed by atoms with Crippen LogP contribution in [0.2, 0.25) is 0 Å². The molecule has 2 aromatic carbocycles. The Hall–Kier alpha value is -3.13. The van der Waals surface area contributed by atoms with Crippen molar-refractivity contribution in [2.45, 2.75) is 19.4 Å². The van der Waals surface area contributed by atoms with Crippen molar-refractivity contribution < 1.29 is 14.7 Å². The molecule has 0 saturated heterocycles. The first-order valence-corrected chi connectivity index (χ1v) is 7.16. The van der Waals surface area contributed by atoms with E-state index in [2.05, 4.69) is 0 Å². The van der Waals surface area contributed by atoms with E-state index in [1.54, 1.807) is 29.2 Å². The van der Waals surface area contributed by atoms with Gasteiger partial charge in [-0.15, -0.1) is 0 Å². The third-order valence-electron chi connectivity index (χ3n) is 3.35. The highest BCUT2D eigenvalue weighted by Gasteiger charge is 2.17. The van der Waals surface area contributed by atoms with Crippen molar-refractivity contribution in [3.05, 3.63) is 65.7 Å². The number of hydrogen-bond acceptors (Lipinski definition) is 3. The van der Waals surface area contributed by atoms with Crippen LogP contribution in [0.3, 0.4) is 0 Å². The number of nitriles is 1. The molecule has 2 aromatic rings. The average Bonchev–Trinajstić information content (AvgIpc) is 2.58. The number of carboxylic acids is 1. The molecule has 23 heavy (non-hydrogen) atoms. The minimum Gasteiger partial charge on any atom is -0.481 e. The van der Waals surface area contributed by atoms with Crippen LogP contribution in [0.15, 0.2) is 54.6 Å². The second-order valence-electron chi connectivity index (χ2n) is 5.02. The molecule has 0 heterocycles. The quantitative estimate of drug-likeness (QED) is 0.889. The molecule has 0 aromatic heterocycles. The lowest BCUT2D eigenvalue weighted by atomic mass is 10.1. The van der Waals surface area contributed by atoms with Gasteiger partial charge in [0.1, 0.15) is 0 Å². The van der Waals surface area contributed by atoms with Gasteiger partial charge in [0.15, 0.2) is 0 Å². The third kappa shape index (κ3) is 4.68. The zero-order chi connectivity index (χ0) is 16.7. The van der Waals surface area contributed by atoms with Crippen LogP contribution in [-0.2, 0) is 16.1 Å². The van der Waals surface area contributed by atoms with Gasteiger partial charge in [-0.3, -0.25) is 9.59 Å². The molecule has 0 aliphatic heterocycles. The fourth-order valence-electron chi connectivity index (χ4n) is 2.15. The standard InChI is InChI=1S/C18H16N2O3/c19-12-14-6-8-16(9-7-14)20(17(21)10-11-18(22)23)13-15-4-2-1-3-5-15/h1-9H,10-11,13H2,(H,22,23). The first-order valence-electron chi connectivity index (χ1n) is 7.16. The van der Waals surface area contributed by atoms with E-state index in [9.17, 15) is 9.59 Å². The van der Waals surface area contributed by atoms with Gasteiger partial charge in [-0.05, 0) is 29.8 Å². The van der Waals surface area contributed by atoms with Gasteiger partial charge in [-0.1, -0.05) is 30.3 Å². The van der Waals surface area contributed by atoms with Crippen LogP contribution in [0.25, 0.3) is 0 Å². The fourth-order valence-corrected chi connectivity index (χ4v) is 2.15. The summed E-state index contributed by atoms with van der Waals surface area (Å²) in [4.78, 5) is 24.6. The Labute approximate surface area is 134 Å². The second kappa shape index (κ2) is 7.76. The Morgan fingerprint density at radius 2 is 1.65 bits per heavy atom. The fraction of sp³-hybridized carbons (Fsp3) is 0.167. The summed E-state index contributed by atoms with van der Waals surface area (Å²) in [5, 5.41) is 17.6. The van der Waals surface area contributed by atoms with Gasteiger partial charge in [0.05, 0.1) is 24.6 Å². The van der Waals surface area contributed by atoms with Crippen molar-refractivity contribution in [3.8, 4) is 6.07 Å². The van der Waals surface area contributed by atoms with E-state index in [1.807, 2.05) is 36.4 Å².